The Bertz CT molecular complexity index is 592. The van der Waals surface area contributed by atoms with Gasteiger partial charge < -0.3 is 15.2 Å². The molecular formula is C11H10F2N2O6. The average molecular weight is 304 g/mol. The molecule has 1 rings (SSSR count). The van der Waals surface area contributed by atoms with Crippen LogP contribution in [0.4, 0.5) is 14.5 Å². The second-order valence-corrected chi connectivity index (χ2v) is 3.79. The molecule has 0 aromatic heterocycles. The predicted octanol–water partition coefficient (Wildman–Crippen LogP) is 0.137. The third-order valence-electron chi connectivity index (χ3n) is 2.41. The fourth-order valence-electron chi connectivity index (χ4n) is 1.36. The largest absolute Gasteiger partial charge is 0.467 e. The molecule has 0 aliphatic carbocycles. The number of aliphatic hydroxyl groups excluding tert-OH is 1. The van der Waals surface area contributed by atoms with Gasteiger partial charge in [-0.15, -0.1) is 0 Å². The van der Waals surface area contributed by atoms with E-state index in [1.807, 2.05) is 5.32 Å². The van der Waals surface area contributed by atoms with Crippen molar-refractivity contribution in [2.75, 3.05) is 13.7 Å². The molecule has 8 nitrogen and oxygen atoms in total. The second kappa shape index (κ2) is 6.70. The van der Waals surface area contributed by atoms with E-state index in [1.165, 1.54) is 0 Å². The van der Waals surface area contributed by atoms with Gasteiger partial charge in [0, 0.05) is 12.1 Å². The molecule has 0 aliphatic rings. The van der Waals surface area contributed by atoms with Crippen molar-refractivity contribution < 1.29 is 33.1 Å². The topological polar surface area (TPSA) is 119 Å². The number of benzene rings is 1. The first-order valence-electron chi connectivity index (χ1n) is 5.45. The van der Waals surface area contributed by atoms with Gasteiger partial charge in [0.15, 0.2) is 6.10 Å². The Labute approximate surface area is 116 Å². The maximum absolute atomic E-state index is 13.4. The van der Waals surface area contributed by atoms with Crippen molar-refractivity contribution in [3.05, 3.63) is 39.4 Å². The first kappa shape index (κ1) is 16.4. The summed E-state index contributed by atoms with van der Waals surface area (Å²) in [6, 6.07) is 0.619. The minimum Gasteiger partial charge on any atom is -0.467 e. The Balaban J connectivity index is 2.90. The lowest BCUT2D eigenvalue weighted by molar-refractivity contribution is -0.387. The third-order valence-corrected chi connectivity index (χ3v) is 2.41. The van der Waals surface area contributed by atoms with E-state index < -0.39 is 52.3 Å². The number of methoxy groups -OCH3 is 1. The van der Waals surface area contributed by atoms with Gasteiger partial charge in [-0.25, -0.2) is 9.18 Å². The zero-order valence-electron chi connectivity index (χ0n) is 10.6. The van der Waals surface area contributed by atoms with Gasteiger partial charge in [0.1, 0.15) is 5.82 Å². The van der Waals surface area contributed by atoms with Gasteiger partial charge >= 0.3 is 11.7 Å². The fourth-order valence-corrected chi connectivity index (χ4v) is 1.36. The van der Waals surface area contributed by atoms with Crippen molar-refractivity contribution in [2.24, 2.45) is 0 Å². The van der Waals surface area contributed by atoms with Gasteiger partial charge in [0.25, 0.3) is 5.91 Å². The van der Waals surface area contributed by atoms with Crippen LogP contribution < -0.4 is 5.32 Å². The highest BCUT2D eigenvalue weighted by Gasteiger charge is 2.23. The smallest absolute Gasteiger partial charge is 0.336 e. The molecule has 0 fully saturated rings. The lowest BCUT2D eigenvalue weighted by atomic mass is 10.1. The molecule has 1 aromatic rings. The normalized spacial score (nSPS) is 11.6. The molecule has 0 saturated carbocycles. The summed E-state index contributed by atoms with van der Waals surface area (Å²) in [5.74, 6) is -4.92. The molecule has 114 valence electrons. The van der Waals surface area contributed by atoms with Crippen LogP contribution in [0.1, 0.15) is 10.4 Å². The van der Waals surface area contributed by atoms with E-state index in [4.69, 9.17) is 0 Å². The van der Waals surface area contributed by atoms with E-state index in [9.17, 15) is 33.6 Å². The molecule has 1 unspecified atom stereocenters. The highest BCUT2D eigenvalue weighted by Crippen LogP contribution is 2.21. The molecular weight excluding hydrogens is 294 g/mol. The molecule has 0 spiro atoms. The molecule has 1 aromatic carbocycles. The van der Waals surface area contributed by atoms with Crippen LogP contribution in [-0.4, -0.2) is 41.7 Å². The minimum atomic E-state index is -1.68. The maximum Gasteiger partial charge on any atom is 0.336 e. The molecule has 2 N–H and O–H groups in total. The average Bonchev–Trinajstić information content (AvgIpc) is 2.43. The van der Waals surface area contributed by atoms with E-state index in [2.05, 4.69) is 4.74 Å². The van der Waals surface area contributed by atoms with E-state index in [0.717, 1.165) is 7.11 Å². The van der Waals surface area contributed by atoms with E-state index in [1.54, 1.807) is 0 Å². The van der Waals surface area contributed by atoms with Gasteiger partial charge in [-0.2, -0.15) is 4.39 Å². The Hall–Kier alpha value is -2.62. The van der Waals surface area contributed by atoms with Crippen LogP contribution in [0.25, 0.3) is 0 Å². The molecule has 0 saturated heterocycles. The van der Waals surface area contributed by atoms with Gasteiger partial charge in [0.2, 0.25) is 5.82 Å². The number of rotatable bonds is 5. The summed E-state index contributed by atoms with van der Waals surface area (Å²) in [6.45, 7) is -0.601. The third kappa shape index (κ3) is 3.92. The lowest BCUT2D eigenvalue weighted by Crippen LogP contribution is -2.37. The number of aliphatic hydroxyl groups is 1. The Morgan fingerprint density at radius 3 is 2.57 bits per heavy atom. The van der Waals surface area contributed by atoms with E-state index >= 15 is 0 Å². The van der Waals surface area contributed by atoms with Crippen molar-refractivity contribution in [1.29, 1.82) is 0 Å². The summed E-state index contributed by atoms with van der Waals surface area (Å²) in [5, 5.41) is 21.7. The number of halogens is 2. The molecule has 0 bridgehead atoms. The van der Waals surface area contributed by atoms with Crippen LogP contribution >= 0.6 is 0 Å². The number of esters is 1. The number of carbonyl (C=O) groups is 2. The monoisotopic (exact) mass is 304 g/mol. The summed E-state index contributed by atoms with van der Waals surface area (Å²) >= 11 is 0. The number of nitrogens with one attached hydrogen (secondary N) is 1. The van der Waals surface area contributed by atoms with Crippen LogP contribution in [0, 0.1) is 21.7 Å². The molecule has 0 radical (unpaired) electrons. The van der Waals surface area contributed by atoms with Crippen LogP contribution in [0.15, 0.2) is 12.1 Å². The summed E-state index contributed by atoms with van der Waals surface area (Å²) in [6.07, 6.45) is -1.68. The van der Waals surface area contributed by atoms with Crippen molar-refractivity contribution in [3.63, 3.8) is 0 Å². The first-order chi connectivity index (χ1) is 9.77. The number of nitro benzene ring substituents is 1. The number of hydrogen-bond acceptors (Lipinski definition) is 6. The summed E-state index contributed by atoms with van der Waals surface area (Å²) < 4.78 is 30.7. The standard InChI is InChI=1S/C11H10F2N2O6/c1-21-11(18)9(16)4-14-10(17)5-2-8(15(19)20)7(13)3-6(5)12/h2-3,9,16H,4H2,1H3,(H,14,17). The van der Waals surface area contributed by atoms with Gasteiger partial charge in [-0.05, 0) is 0 Å². The van der Waals surface area contributed by atoms with E-state index in [0.29, 0.717) is 6.07 Å². The molecule has 0 heterocycles. The highest BCUT2D eigenvalue weighted by atomic mass is 19.1. The predicted molar refractivity (Wildman–Crippen MR) is 63.4 cm³/mol. The van der Waals surface area contributed by atoms with Gasteiger partial charge in [-0.1, -0.05) is 0 Å². The Morgan fingerprint density at radius 1 is 1.43 bits per heavy atom. The van der Waals surface area contributed by atoms with Crippen molar-refractivity contribution >= 4 is 17.6 Å². The summed E-state index contributed by atoms with van der Waals surface area (Å²) in [7, 11) is 1.01. The molecule has 1 atom stereocenters. The van der Waals surface area contributed by atoms with Crippen LogP contribution in [-0.2, 0) is 9.53 Å². The zero-order valence-corrected chi connectivity index (χ0v) is 10.6. The molecule has 0 aliphatic heterocycles. The quantitative estimate of drug-likeness (QED) is 0.453. The number of carbonyl (C=O) groups excluding carboxylic acids is 2. The number of hydrogen-bond donors (Lipinski definition) is 2. The number of nitro groups is 1. The summed E-state index contributed by atoms with van der Waals surface area (Å²) in [5.41, 5.74) is -1.87. The van der Waals surface area contributed by atoms with E-state index in [-0.39, 0.29) is 6.07 Å². The van der Waals surface area contributed by atoms with Crippen LogP contribution in [0.5, 0.6) is 0 Å². The fraction of sp³-hybridized carbons (Fsp3) is 0.273. The van der Waals surface area contributed by atoms with Gasteiger partial charge in [0.05, 0.1) is 24.1 Å². The van der Waals surface area contributed by atoms with Crippen molar-refractivity contribution in [2.45, 2.75) is 6.10 Å². The minimum absolute atomic E-state index is 0.198. The lowest BCUT2D eigenvalue weighted by Gasteiger charge is -2.10. The number of amides is 1. The first-order valence-corrected chi connectivity index (χ1v) is 5.45. The van der Waals surface area contributed by atoms with Crippen molar-refractivity contribution in [1.82, 2.24) is 5.32 Å². The Kier molecular flexibility index (Phi) is 5.24. The zero-order chi connectivity index (χ0) is 16.2. The molecule has 10 heteroatoms. The van der Waals surface area contributed by atoms with Crippen LogP contribution in [0.3, 0.4) is 0 Å². The van der Waals surface area contributed by atoms with Crippen LogP contribution in [0.2, 0.25) is 0 Å². The SMILES string of the molecule is COC(=O)C(O)CNC(=O)c1cc([N+](=O)[O-])c(F)cc1F. The highest BCUT2D eigenvalue weighted by molar-refractivity contribution is 5.95. The van der Waals surface area contributed by atoms with Gasteiger partial charge in [-0.3, -0.25) is 14.9 Å². The Morgan fingerprint density at radius 2 is 2.05 bits per heavy atom. The molecule has 1 amide bonds. The number of ether oxygens (including phenoxy) is 1. The maximum atomic E-state index is 13.4. The number of nitrogens with zero attached hydrogens (tertiary/aromatic N) is 1. The second-order valence-electron chi connectivity index (χ2n) is 3.79. The molecule has 21 heavy (non-hydrogen) atoms. The van der Waals surface area contributed by atoms with Crippen molar-refractivity contribution in [3.8, 4) is 0 Å². The summed E-state index contributed by atoms with van der Waals surface area (Å²) in [4.78, 5) is 31.9.